The predicted octanol–water partition coefficient (Wildman–Crippen LogP) is 11.2. The number of ether oxygens (including phenoxy) is 1. The van der Waals surface area contributed by atoms with Gasteiger partial charge in [0.05, 0.1) is 35.3 Å². The molecule has 0 atom stereocenters. The summed E-state index contributed by atoms with van der Waals surface area (Å²) in [5, 5.41) is 0. The molecule has 2 nitrogen and oxygen atoms in total. The quantitative estimate of drug-likeness (QED) is 0.0449. The lowest BCUT2D eigenvalue weighted by Gasteiger charge is -2.34. The van der Waals surface area contributed by atoms with Gasteiger partial charge in [-0.05, 0) is 76.1 Å². The van der Waals surface area contributed by atoms with Crippen molar-refractivity contribution in [2.24, 2.45) is 0 Å². The third-order valence-corrected chi connectivity index (χ3v) is 15.6. The highest BCUT2D eigenvalue weighted by Crippen LogP contribution is 2.61. The van der Waals surface area contributed by atoms with Gasteiger partial charge in [-0.25, -0.2) is 0 Å². The van der Waals surface area contributed by atoms with Gasteiger partial charge in [0.25, 0.3) is 0 Å². The van der Waals surface area contributed by atoms with E-state index in [-0.39, 0.29) is 10.0 Å². The summed E-state index contributed by atoms with van der Waals surface area (Å²) in [5.74, 6) is -0.0761. The molecule has 0 saturated heterocycles. The maximum absolute atomic E-state index is 12.5. The van der Waals surface area contributed by atoms with Crippen molar-refractivity contribution in [3.63, 3.8) is 0 Å². The number of esters is 1. The normalized spacial score (nSPS) is 12.0. The van der Waals surface area contributed by atoms with Crippen LogP contribution in [0.4, 0.5) is 0 Å². The second-order valence-corrected chi connectivity index (χ2v) is 18.4. The third-order valence-electron chi connectivity index (χ3n) is 7.51. The van der Waals surface area contributed by atoms with E-state index in [2.05, 4.69) is 81.4 Å². The van der Waals surface area contributed by atoms with Gasteiger partial charge in [0.1, 0.15) is 0 Å². The van der Waals surface area contributed by atoms with Crippen molar-refractivity contribution in [2.75, 3.05) is 31.3 Å². The van der Waals surface area contributed by atoms with Crippen molar-refractivity contribution in [3.05, 3.63) is 60.7 Å². The summed E-state index contributed by atoms with van der Waals surface area (Å²) in [5.41, 5.74) is 0. The van der Waals surface area contributed by atoms with E-state index < -0.39 is 7.26 Å². The zero-order valence-corrected chi connectivity index (χ0v) is 27.7. The van der Waals surface area contributed by atoms with Crippen LogP contribution in [0.1, 0.15) is 98.3 Å². The molecule has 0 unspecified atom stereocenters. The Morgan fingerprint density at radius 1 is 0.667 bits per heavy atom. The van der Waals surface area contributed by atoms with Crippen LogP contribution in [-0.4, -0.2) is 41.3 Å². The van der Waals surface area contributed by atoms with Crippen LogP contribution in [0.5, 0.6) is 0 Å². The fourth-order valence-corrected chi connectivity index (χ4v) is 13.6. The van der Waals surface area contributed by atoms with E-state index in [4.69, 9.17) is 4.74 Å². The summed E-state index contributed by atoms with van der Waals surface area (Å²) in [6, 6.07) is 21.5. The van der Waals surface area contributed by atoms with E-state index in [1.54, 1.807) is 0 Å². The average Bonchev–Trinajstić information content (AvgIpc) is 2.96. The lowest BCUT2D eigenvalue weighted by Crippen LogP contribution is -2.23. The van der Waals surface area contributed by atoms with Crippen LogP contribution >= 0.6 is 30.8 Å². The zero-order chi connectivity index (χ0) is 28.2. The minimum atomic E-state index is -0.889. The summed E-state index contributed by atoms with van der Waals surface area (Å²) in [7, 11) is -0.889. The highest BCUT2D eigenvalue weighted by molar-refractivity contribution is 8.18. The molecule has 0 spiro atoms. The Morgan fingerprint density at radius 2 is 1.13 bits per heavy atom. The molecule has 0 bridgehead atoms. The standard InChI is InChI=1S/C34H54O2PS2/c1-5-9-27-37(28-10-6-2,29-11-7-3)30-19-18-25-34(26-24-33(35)36-8-4,38-31-20-14-12-15-21-31)39-32-22-16-13-17-23-32/h12-17,20-23H,5-11,18-19,24-30H2,1-4H3/q+1. The average molecular weight is 590 g/mol. The maximum atomic E-state index is 12.5. The molecule has 0 saturated carbocycles. The van der Waals surface area contributed by atoms with Crippen molar-refractivity contribution in [1.29, 1.82) is 0 Å². The lowest BCUT2D eigenvalue weighted by atomic mass is 10.1. The molecule has 0 fully saturated rings. The minimum Gasteiger partial charge on any atom is -0.466 e. The zero-order valence-electron chi connectivity index (χ0n) is 25.2. The smallest absolute Gasteiger partial charge is 0.305 e. The van der Waals surface area contributed by atoms with Crippen LogP contribution < -0.4 is 0 Å². The third kappa shape index (κ3) is 13.5. The summed E-state index contributed by atoms with van der Waals surface area (Å²) >= 11 is 3.91. The molecule has 2 rings (SSSR count). The minimum absolute atomic E-state index is 0.0761. The molecule has 2 aromatic rings. The van der Waals surface area contributed by atoms with Crippen molar-refractivity contribution >= 4 is 36.8 Å². The molecule has 0 heterocycles. The van der Waals surface area contributed by atoms with Crippen LogP contribution in [0, 0.1) is 0 Å². The number of benzene rings is 2. The largest absolute Gasteiger partial charge is 0.466 e. The molecule has 218 valence electrons. The van der Waals surface area contributed by atoms with Gasteiger partial charge in [0.2, 0.25) is 0 Å². The highest BCUT2D eigenvalue weighted by atomic mass is 32.2. The first-order valence-corrected chi connectivity index (χ1v) is 19.7. The Hall–Kier alpha value is -0.960. The van der Waals surface area contributed by atoms with Gasteiger partial charge in [-0.2, -0.15) is 0 Å². The van der Waals surface area contributed by atoms with E-state index in [0.29, 0.717) is 13.0 Å². The van der Waals surface area contributed by atoms with E-state index in [1.165, 1.54) is 85.8 Å². The van der Waals surface area contributed by atoms with Crippen LogP contribution in [0.3, 0.4) is 0 Å². The maximum Gasteiger partial charge on any atom is 0.305 e. The first-order valence-electron chi connectivity index (χ1n) is 15.5. The van der Waals surface area contributed by atoms with Gasteiger partial charge in [0.15, 0.2) is 0 Å². The molecule has 0 aliphatic heterocycles. The second-order valence-electron chi connectivity index (χ2n) is 10.8. The molecular formula is C34H54O2PS2+. The highest BCUT2D eigenvalue weighted by Gasteiger charge is 2.37. The van der Waals surface area contributed by atoms with Crippen LogP contribution in [0.15, 0.2) is 70.5 Å². The fourth-order valence-electron chi connectivity index (χ4n) is 5.28. The summed E-state index contributed by atoms with van der Waals surface area (Å²) in [6.07, 6.45) is 19.0. The van der Waals surface area contributed by atoms with Crippen LogP contribution in [0.2, 0.25) is 0 Å². The Labute approximate surface area is 249 Å². The number of unbranched alkanes of at least 4 members (excludes halogenated alkanes) is 4. The van der Waals surface area contributed by atoms with Crippen LogP contribution in [-0.2, 0) is 9.53 Å². The topological polar surface area (TPSA) is 26.3 Å². The summed E-state index contributed by atoms with van der Waals surface area (Å²) in [6.45, 7) is 9.41. The Kier molecular flexibility index (Phi) is 17.6. The Bertz CT molecular complexity index is 827. The van der Waals surface area contributed by atoms with Crippen molar-refractivity contribution in [1.82, 2.24) is 0 Å². The second kappa shape index (κ2) is 20.0. The van der Waals surface area contributed by atoms with E-state index in [1.807, 2.05) is 30.4 Å². The molecule has 5 heteroatoms. The molecule has 0 aromatic heterocycles. The molecule has 0 N–H and O–H groups in total. The fraction of sp³-hybridized carbons (Fsp3) is 0.618. The van der Waals surface area contributed by atoms with Gasteiger partial charge in [0, 0.05) is 23.5 Å². The molecule has 0 aliphatic carbocycles. The molecule has 0 radical (unpaired) electrons. The van der Waals surface area contributed by atoms with E-state index in [0.717, 1.165) is 12.8 Å². The number of hydrogen-bond acceptors (Lipinski definition) is 4. The van der Waals surface area contributed by atoms with E-state index >= 15 is 0 Å². The Morgan fingerprint density at radius 3 is 1.56 bits per heavy atom. The van der Waals surface area contributed by atoms with E-state index in [9.17, 15) is 4.79 Å². The van der Waals surface area contributed by atoms with Gasteiger partial charge in [-0.3, -0.25) is 4.79 Å². The lowest BCUT2D eigenvalue weighted by molar-refractivity contribution is -0.143. The number of carbonyl (C=O) groups is 1. The molecule has 39 heavy (non-hydrogen) atoms. The molecular weight excluding hydrogens is 535 g/mol. The Balaban J connectivity index is 2.25. The van der Waals surface area contributed by atoms with Crippen molar-refractivity contribution in [2.45, 2.75) is 112 Å². The number of thioether (sulfide) groups is 2. The van der Waals surface area contributed by atoms with Crippen molar-refractivity contribution in [3.8, 4) is 0 Å². The van der Waals surface area contributed by atoms with Gasteiger partial charge < -0.3 is 4.74 Å². The SMILES string of the molecule is CCCC[P+](CCCC)(CCCC)CCCCC(CCC(=O)OCC)(Sc1ccccc1)Sc1ccccc1. The van der Waals surface area contributed by atoms with Gasteiger partial charge in [-0.1, -0.05) is 76.4 Å². The monoisotopic (exact) mass is 589 g/mol. The number of hydrogen-bond donors (Lipinski definition) is 0. The molecule has 2 aromatic carbocycles. The first kappa shape index (κ1) is 34.2. The van der Waals surface area contributed by atoms with Crippen molar-refractivity contribution < 1.29 is 9.53 Å². The number of rotatable bonds is 22. The number of carbonyl (C=O) groups excluding carboxylic acids is 1. The predicted molar refractivity (Wildman–Crippen MR) is 178 cm³/mol. The molecule has 0 aliphatic rings. The van der Waals surface area contributed by atoms with Crippen LogP contribution in [0.25, 0.3) is 0 Å². The summed E-state index contributed by atoms with van der Waals surface area (Å²) < 4.78 is 5.26. The first-order chi connectivity index (χ1) is 19.0. The summed E-state index contributed by atoms with van der Waals surface area (Å²) in [4.78, 5) is 15.1. The molecule has 0 amide bonds. The van der Waals surface area contributed by atoms with Gasteiger partial charge >= 0.3 is 5.97 Å². The van der Waals surface area contributed by atoms with Gasteiger partial charge in [-0.15, -0.1) is 23.5 Å².